The van der Waals surface area contributed by atoms with Gasteiger partial charge in [-0.15, -0.1) is 0 Å². The second-order valence-electron chi connectivity index (χ2n) is 13.2. The van der Waals surface area contributed by atoms with E-state index in [-0.39, 0.29) is 53.5 Å². The number of benzene rings is 1. The largest absolute Gasteiger partial charge is 0.508 e. The van der Waals surface area contributed by atoms with Crippen LogP contribution in [-0.4, -0.2) is 87.6 Å². The predicted molar refractivity (Wildman–Crippen MR) is 156 cm³/mol. The summed E-state index contributed by atoms with van der Waals surface area (Å²) in [6.45, 7) is 2.56. The van der Waals surface area contributed by atoms with Crippen LogP contribution in [0.4, 0.5) is 14.6 Å². The van der Waals surface area contributed by atoms with Gasteiger partial charge < -0.3 is 24.8 Å². The van der Waals surface area contributed by atoms with Gasteiger partial charge in [0.2, 0.25) is 5.88 Å². The van der Waals surface area contributed by atoms with Crippen LogP contribution in [0, 0.1) is 5.82 Å². The summed E-state index contributed by atoms with van der Waals surface area (Å²) in [6.07, 6.45) is 5.31. The number of aromatic nitrogens is 3. The van der Waals surface area contributed by atoms with Gasteiger partial charge in [-0.1, -0.05) is 11.6 Å². The molecule has 0 spiro atoms. The van der Waals surface area contributed by atoms with E-state index in [0.29, 0.717) is 53.9 Å². The molecule has 2 bridgehead atoms. The van der Waals surface area contributed by atoms with E-state index < -0.39 is 17.5 Å². The molecule has 0 unspecified atom stereocenters. The van der Waals surface area contributed by atoms with Crippen molar-refractivity contribution in [3.63, 3.8) is 0 Å². The van der Waals surface area contributed by atoms with Crippen LogP contribution in [-0.2, 0) is 0 Å². The second kappa shape index (κ2) is 9.49. The maximum absolute atomic E-state index is 16.8. The Morgan fingerprint density at radius 3 is 2.91 bits per heavy atom. The number of fused-ring (bicyclic) bond motifs is 6. The van der Waals surface area contributed by atoms with Gasteiger partial charge in [0, 0.05) is 42.2 Å². The first-order chi connectivity index (χ1) is 20.9. The molecule has 5 aliphatic heterocycles. The lowest BCUT2D eigenvalue weighted by atomic mass is 9.95. The van der Waals surface area contributed by atoms with Crippen molar-refractivity contribution in [2.75, 3.05) is 37.7 Å². The predicted octanol–water partition coefficient (Wildman–Crippen LogP) is 4.72. The maximum Gasteiger partial charge on any atom is 0.319 e. The number of halogens is 3. The Morgan fingerprint density at radius 1 is 1.16 bits per heavy atom. The first kappa shape index (κ1) is 26.4. The zero-order valence-corrected chi connectivity index (χ0v) is 24.4. The Bertz CT molecular complexity index is 1660. The second-order valence-corrected chi connectivity index (χ2v) is 13.6. The van der Waals surface area contributed by atoms with Gasteiger partial charge in [-0.2, -0.15) is 9.97 Å². The van der Waals surface area contributed by atoms with Crippen molar-refractivity contribution >= 4 is 28.3 Å². The van der Waals surface area contributed by atoms with Crippen LogP contribution in [0.15, 0.2) is 12.1 Å². The van der Waals surface area contributed by atoms with Gasteiger partial charge in [0.25, 0.3) is 0 Å². The molecule has 3 aromatic rings. The van der Waals surface area contributed by atoms with Gasteiger partial charge >= 0.3 is 6.01 Å². The number of anilines is 1. The number of hydrogen-bond acceptors (Lipinski definition) is 9. The summed E-state index contributed by atoms with van der Waals surface area (Å²) >= 11 is 6.60. The van der Waals surface area contributed by atoms with Crippen molar-refractivity contribution in [2.45, 2.75) is 80.7 Å². The van der Waals surface area contributed by atoms with Crippen molar-refractivity contribution in [3.8, 4) is 28.9 Å². The maximum atomic E-state index is 16.8. The van der Waals surface area contributed by atoms with E-state index in [2.05, 4.69) is 20.1 Å². The van der Waals surface area contributed by atoms with E-state index in [1.165, 1.54) is 12.1 Å². The Labute approximate surface area is 252 Å². The number of alkyl halides is 1. The van der Waals surface area contributed by atoms with Gasteiger partial charge in [0.15, 0.2) is 5.82 Å². The molecule has 2 N–H and O–H groups in total. The molecule has 9 nitrogen and oxygen atoms in total. The summed E-state index contributed by atoms with van der Waals surface area (Å²) in [6, 6.07) is 3.57. The molecule has 0 radical (unpaired) electrons. The van der Waals surface area contributed by atoms with Crippen LogP contribution in [0.2, 0.25) is 5.02 Å². The molecule has 12 heteroatoms. The highest BCUT2D eigenvalue weighted by atomic mass is 35.5. The number of phenolic OH excluding ortho intramolecular Hbond substituents is 1. The van der Waals surface area contributed by atoms with Gasteiger partial charge in [0.1, 0.15) is 47.5 Å². The Kier molecular flexibility index (Phi) is 5.82. The third kappa shape index (κ3) is 4.10. The summed E-state index contributed by atoms with van der Waals surface area (Å²) in [5.74, 6) is 0.292. The highest BCUT2D eigenvalue weighted by Gasteiger charge is 2.50. The number of rotatable bonds is 5. The molecular formula is C31H33ClF2N6O3. The van der Waals surface area contributed by atoms with E-state index in [0.717, 1.165) is 50.6 Å². The van der Waals surface area contributed by atoms with Crippen molar-refractivity contribution < 1.29 is 23.4 Å². The van der Waals surface area contributed by atoms with Gasteiger partial charge in [0.05, 0.1) is 11.6 Å². The molecule has 1 saturated carbocycles. The summed E-state index contributed by atoms with van der Waals surface area (Å²) in [7, 11) is 0. The molecule has 5 atom stereocenters. The minimum Gasteiger partial charge on any atom is -0.508 e. The molecule has 9 rings (SSSR count). The Morgan fingerprint density at radius 2 is 2.05 bits per heavy atom. The zero-order valence-electron chi connectivity index (χ0n) is 23.7. The van der Waals surface area contributed by atoms with Crippen LogP contribution in [0.5, 0.6) is 17.6 Å². The Hall–Kier alpha value is -3.02. The number of nitrogens with zero attached hydrogens (tertiary/aromatic N) is 5. The summed E-state index contributed by atoms with van der Waals surface area (Å²) in [4.78, 5) is 18.7. The lowest BCUT2D eigenvalue weighted by Gasteiger charge is -2.40. The van der Waals surface area contributed by atoms with Crippen LogP contribution in [0.25, 0.3) is 22.2 Å². The van der Waals surface area contributed by atoms with Crippen molar-refractivity contribution in [2.24, 2.45) is 0 Å². The van der Waals surface area contributed by atoms with Gasteiger partial charge in [-0.05, 0) is 68.7 Å². The molecular weight excluding hydrogens is 578 g/mol. The average Bonchev–Trinajstić information content (AvgIpc) is 3.56. The van der Waals surface area contributed by atoms with E-state index in [4.69, 9.17) is 31.0 Å². The number of nitrogens with one attached hydrogen (secondary N) is 1. The fourth-order valence-electron chi connectivity index (χ4n) is 8.39. The monoisotopic (exact) mass is 610 g/mol. The summed E-state index contributed by atoms with van der Waals surface area (Å²) in [5.41, 5.74) is 0.920. The lowest BCUT2D eigenvalue weighted by Crippen LogP contribution is -2.60. The van der Waals surface area contributed by atoms with Crippen LogP contribution < -0.4 is 19.7 Å². The number of pyridine rings is 1. The first-order valence-electron chi connectivity index (χ1n) is 15.5. The molecule has 0 amide bonds. The minimum absolute atomic E-state index is 0.0197. The molecule has 4 saturated heterocycles. The molecule has 7 heterocycles. The quantitative estimate of drug-likeness (QED) is 0.425. The van der Waals surface area contributed by atoms with E-state index >= 15 is 4.39 Å². The number of aromatic hydroxyl groups is 1. The number of hydrogen-bond donors (Lipinski definition) is 2. The average molecular weight is 611 g/mol. The molecule has 5 fully saturated rings. The molecule has 6 aliphatic rings. The summed E-state index contributed by atoms with van der Waals surface area (Å²) < 4.78 is 44.0. The number of piperazine rings is 1. The van der Waals surface area contributed by atoms with Crippen LogP contribution in [0.1, 0.15) is 56.4 Å². The standard InChI is InChI=1S/C31H33ClF2N6O3/c32-20-9-18(41)8-19(23(20)15-2-3-15)26-25(34)27-24-28(40-12-17-4-5-21(35-17)22(40)13-42-29(24)36-26)38-30(37-27)43-14-31-6-1-7-39(31)11-16(33)10-31/h8-9,15-17,21-22,35,41H,1-7,10-14H2/t16-,17+,21-,22+,31+/m0/s1. The van der Waals surface area contributed by atoms with Crippen LogP contribution in [0.3, 0.4) is 0 Å². The third-order valence-corrected chi connectivity index (χ3v) is 10.8. The molecule has 43 heavy (non-hydrogen) atoms. The minimum atomic E-state index is -0.885. The van der Waals surface area contributed by atoms with E-state index in [9.17, 15) is 9.50 Å². The normalized spacial score (nSPS) is 31.2. The third-order valence-electron chi connectivity index (χ3n) is 10.5. The van der Waals surface area contributed by atoms with Crippen LogP contribution >= 0.6 is 11.6 Å². The van der Waals surface area contributed by atoms with E-state index in [1.54, 1.807) is 0 Å². The van der Waals surface area contributed by atoms with Crippen molar-refractivity contribution in [3.05, 3.63) is 28.5 Å². The topological polar surface area (TPSA) is 95.9 Å². The molecule has 2 aromatic heterocycles. The fourth-order valence-corrected chi connectivity index (χ4v) is 8.76. The summed E-state index contributed by atoms with van der Waals surface area (Å²) in [5, 5.41) is 15.0. The number of phenols is 1. The Balaban J connectivity index is 1.21. The van der Waals surface area contributed by atoms with E-state index in [1.807, 2.05) is 0 Å². The zero-order chi connectivity index (χ0) is 29.0. The lowest BCUT2D eigenvalue weighted by molar-refractivity contribution is 0.107. The molecule has 1 aromatic carbocycles. The van der Waals surface area contributed by atoms with Crippen molar-refractivity contribution in [1.29, 1.82) is 0 Å². The van der Waals surface area contributed by atoms with Gasteiger partial charge in [-0.25, -0.2) is 13.8 Å². The highest BCUT2D eigenvalue weighted by Crippen LogP contribution is 2.50. The highest BCUT2D eigenvalue weighted by molar-refractivity contribution is 6.32. The molecule has 1 aliphatic carbocycles. The SMILES string of the molecule is Oc1cc(Cl)c(C2CC2)c(-c2nc3c4c(nc(OC[C@]56CCCN5C[C@@H](F)C6)nc4c2F)N2C[C@H]4CC[C@H](N4)[C@H]2CO3)c1. The van der Waals surface area contributed by atoms with Gasteiger partial charge in [-0.3, -0.25) is 4.90 Å². The first-order valence-corrected chi connectivity index (χ1v) is 15.9. The molecule has 226 valence electrons. The fraction of sp³-hybridized carbons (Fsp3) is 0.581. The number of ether oxygens (including phenoxy) is 2. The smallest absolute Gasteiger partial charge is 0.319 e. The van der Waals surface area contributed by atoms with Crippen molar-refractivity contribution in [1.82, 2.24) is 25.2 Å².